The van der Waals surface area contributed by atoms with Gasteiger partial charge in [0.1, 0.15) is 0 Å². The maximum atomic E-state index is 13.3. The van der Waals surface area contributed by atoms with Crippen LogP contribution in [0.4, 0.5) is 0 Å². The predicted octanol–water partition coefficient (Wildman–Crippen LogP) is 3.44. The summed E-state index contributed by atoms with van der Waals surface area (Å²) in [6, 6.07) is 6.31. The third kappa shape index (κ3) is 5.52. The first-order chi connectivity index (χ1) is 16.6. The lowest BCUT2D eigenvalue weighted by Crippen LogP contribution is -2.39. The van der Waals surface area contributed by atoms with E-state index in [4.69, 9.17) is 23.2 Å². The van der Waals surface area contributed by atoms with Crippen LogP contribution in [0.15, 0.2) is 43.2 Å². The van der Waals surface area contributed by atoms with Gasteiger partial charge in [0, 0.05) is 27.6 Å². The molecule has 35 heavy (non-hydrogen) atoms. The standard InChI is InChI=1S/C23H25BrCl2N4O4S/c1-2-35(33,34)19-4-3-14(25)9-13(19)12-30-22(31)16-10-18(24)17(20(26)21(16)29-23(30)32)11-28-15-5-7-27-8-6-15/h3-4,9-10,15,27-28H,2,5-8,11-12H2,1H3,(H,29,32). The van der Waals surface area contributed by atoms with Gasteiger partial charge in [-0.15, -0.1) is 0 Å². The Balaban J connectivity index is 1.75. The summed E-state index contributed by atoms with van der Waals surface area (Å²) in [5, 5.41) is 7.62. The van der Waals surface area contributed by atoms with Gasteiger partial charge in [-0.1, -0.05) is 46.1 Å². The number of H-pyrrole nitrogens is 1. The number of nitrogens with one attached hydrogen (secondary N) is 3. The Morgan fingerprint density at radius 3 is 2.57 bits per heavy atom. The lowest BCUT2D eigenvalue weighted by molar-refractivity contribution is 0.386. The molecule has 1 aromatic heterocycles. The Kier molecular flexibility index (Phi) is 8.09. The number of aromatic amines is 1. The van der Waals surface area contributed by atoms with Crippen LogP contribution >= 0.6 is 39.1 Å². The summed E-state index contributed by atoms with van der Waals surface area (Å²) in [4.78, 5) is 29.1. The van der Waals surface area contributed by atoms with Gasteiger partial charge in [-0.3, -0.25) is 9.36 Å². The summed E-state index contributed by atoms with van der Waals surface area (Å²) in [6.45, 7) is 3.65. The molecule has 0 unspecified atom stereocenters. The molecule has 188 valence electrons. The quantitative estimate of drug-likeness (QED) is 0.381. The molecule has 3 aromatic rings. The highest BCUT2D eigenvalue weighted by Gasteiger charge is 2.21. The Hall–Kier alpha value is -1.69. The molecule has 1 saturated heterocycles. The molecule has 0 amide bonds. The fourth-order valence-electron chi connectivity index (χ4n) is 4.24. The number of halogens is 3. The SMILES string of the molecule is CCS(=O)(=O)c1ccc(Cl)cc1Cn1c(=O)[nH]c2c(Cl)c(CNC3CCNCC3)c(Br)cc2c1=O. The number of nitrogens with zero attached hydrogens (tertiary/aromatic N) is 1. The molecule has 12 heteroatoms. The average molecular weight is 604 g/mol. The highest BCUT2D eigenvalue weighted by molar-refractivity contribution is 9.10. The second-order valence-corrected chi connectivity index (χ2v) is 12.4. The van der Waals surface area contributed by atoms with Crippen LogP contribution in [-0.2, 0) is 22.9 Å². The van der Waals surface area contributed by atoms with E-state index in [9.17, 15) is 18.0 Å². The lowest BCUT2D eigenvalue weighted by atomic mass is 10.1. The first-order valence-corrected chi connectivity index (χ1v) is 14.4. The van der Waals surface area contributed by atoms with E-state index in [1.807, 2.05) is 0 Å². The van der Waals surface area contributed by atoms with E-state index in [2.05, 4.69) is 31.5 Å². The molecule has 0 radical (unpaired) electrons. The molecule has 1 aliphatic rings. The second kappa shape index (κ2) is 10.7. The molecule has 1 fully saturated rings. The van der Waals surface area contributed by atoms with Gasteiger partial charge in [0.25, 0.3) is 5.56 Å². The van der Waals surface area contributed by atoms with Gasteiger partial charge < -0.3 is 15.6 Å². The molecule has 2 heterocycles. The number of rotatable bonds is 7. The number of sulfone groups is 1. The van der Waals surface area contributed by atoms with Crippen LogP contribution in [0.1, 0.15) is 30.9 Å². The second-order valence-electron chi connectivity index (χ2n) is 8.46. The third-order valence-corrected chi connectivity index (χ3v) is 9.43. The molecule has 0 saturated carbocycles. The van der Waals surface area contributed by atoms with Crippen LogP contribution < -0.4 is 21.9 Å². The number of hydrogen-bond acceptors (Lipinski definition) is 6. The van der Waals surface area contributed by atoms with Crippen LogP contribution in [0, 0.1) is 0 Å². The molecule has 8 nitrogen and oxygen atoms in total. The fraction of sp³-hybridized carbons (Fsp3) is 0.391. The molecule has 0 bridgehead atoms. The van der Waals surface area contributed by atoms with Gasteiger partial charge in [-0.2, -0.15) is 0 Å². The largest absolute Gasteiger partial charge is 0.329 e. The minimum Gasteiger partial charge on any atom is -0.317 e. The zero-order chi connectivity index (χ0) is 25.3. The van der Waals surface area contributed by atoms with Crippen molar-refractivity contribution in [3.63, 3.8) is 0 Å². The Morgan fingerprint density at radius 2 is 1.89 bits per heavy atom. The molecular weight excluding hydrogens is 579 g/mol. The summed E-state index contributed by atoms with van der Waals surface area (Å²) in [7, 11) is -3.59. The van der Waals surface area contributed by atoms with Crippen LogP contribution in [0.5, 0.6) is 0 Å². The first kappa shape index (κ1) is 26.4. The van der Waals surface area contributed by atoms with Crippen molar-refractivity contribution in [3.05, 3.63) is 70.7 Å². The van der Waals surface area contributed by atoms with Crippen molar-refractivity contribution < 1.29 is 8.42 Å². The summed E-state index contributed by atoms with van der Waals surface area (Å²) in [5.74, 6) is -0.124. The topological polar surface area (TPSA) is 113 Å². The van der Waals surface area contributed by atoms with Crippen LogP contribution in [0.3, 0.4) is 0 Å². The summed E-state index contributed by atoms with van der Waals surface area (Å²) < 4.78 is 26.7. The van der Waals surface area contributed by atoms with Gasteiger partial charge in [-0.05, 0) is 55.8 Å². The van der Waals surface area contributed by atoms with E-state index in [1.54, 1.807) is 6.07 Å². The summed E-state index contributed by atoms with van der Waals surface area (Å²) in [5.41, 5.74) is -0.0144. The zero-order valence-corrected chi connectivity index (χ0v) is 22.9. The van der Waals surface area contributed by atoms with E-state index in [1.165, 1.54) is 25.1 Å². The van der Waals surface area contributed by atoms with Gasteiger partial charge in [0.2, 0.25) is 0 Å². The Labute approximate surface area is 221 Å². The fourth-order valence-corrected chi connectivity index (χ4v) is 6.54. The van der Waals surface area contributed by atoms with Crippen molar-refractivity contribution in [3.8, 4) is 0 Å². The summed E-state index contributed by atoms with van der Waals surface area (Å²) in [6.07, 6.45) is 2.01. The number of aromatic nitrogens is 2. The highest BCUT2D eigenvalue weighted by Crippen LogP contribution is 2.31. The van der Waals surface area contributed by atoms with Crippen LogP contribution in [0.2, 0.25) is 10.0 Å². The van der Waals surface area contributed by atoms with Gasteiger partial charge in [0.15, 0.2) is 9.84 Å². The van der Waals surface area contributed by atoms with Gasteiger partial charge in [0.05, 0.1) is 33.1 Å². The molecule has 0 spiro atoms. The lowest BCUT2D eigenvalue weighted by Gasteiger charge is -2.24. The van der Waals surface area contributed by atoms with Gasteiger partial charge in [-0.25, -0.2) is 13.2 Å². The summed E-state index contributed by atoms with van der Waals surface area (Å²) >= 11 is 16.3. The van der Waals surface area contributed by atoms with Crippen LogP contribution in [-0.4, -0.2) is 42.9 Å². The highest BCUT2D eigenvalue weighted by atomic mass is 79.9. The van der Waals surface area contributed by atoms with Crippen molar-refractivity contribution in [1.29, 1.82) is 0 Å². The van der Waals surface area contributed by atoms with Crippen molar-refractivity contribution >= 4 is 59.9 Å². The number of hydrogen-bond donors (Lipinski definition) is 3. The molecule has 4 rings (SSSR count). The number of fused-ring (bicyclic) bond motifs is 1. The maximum absolute atomic E-state index is 13.3. The van der Waals surface area contributed by atoms with E-state index in [-0.39, 0.29) is 38.7 Å². The van der Waals surface area contributed by atoms with E-state index in [0.29, 0.717) is 22.1 Å². The van der Waals surface area contributed by atoms with Crippen LogP contribution in [0.25, 0.3) is 10.9 Å². The first-order valence-electron chi connectivity index (χ1n) is 11.2. The molecule has 3 N–H and O–H groups in total. The van der Waals surface area contributed by atoms with E-state index >= 15 is 0 Å². The third-order valence-electron chi connectivity index (χ3n) is 6.24. The Bertz CT molecular complexity index is 1500. The predicted molar refractivity (Wildman–Crippen MR) is 143 cm³/mol. The monoisotopic (exact) mass is 602 g/mol. The number of piperidine rings is 1. The minimum atomic E-state index is -3.59. The molecular formula is C23H25BrCl2N4O4S. The van der Waals surface area contributed by atoms with E-state index in [0.717, 1.165) is 36.1 Å². The van der Waals surface area contributed by atoms with Crippen molar-refractivity contribution in [2.24, 2.45) is 0 Å². The molecule has 2 aromatic carbocycles. The normalized spacial score (nSPS) is 15.1. The maximum Gasteiger partial charge on any atom is 0.329 e. The number of benzene rings is 2. The minimum absolute atomic E-state index is 0.0364. The smallest absolute Gasteiger partial charge is 0.317 e. The zero-order valence-electron chi connectivity index (χ0n) is 19.0. The van der Waals surface area contributed by atoms with Crippen molar-refractivity contribution in [2.45, 2.75) is 43.8 Å². The Morgan fingerprint density at radius 1 is 1.17 bits per heavy atom. The van der Waals surface area contributed by atoms with E-state index < -0.39 is 21.1 Å². The van der Waals surface area contributed by atoms with Crippen molar-refractivity contribution in [2.75, 3.05) is 18.8 Å². The van der Waals surface area contributed by atoms with Crippen molar-refractivity contribution in [1.82, 2.24) is 20.2 Å². The molecule has 0 atom stereocenters. The average Bonchev–Trinajstić information content (AvgIpc) is 2.83. The molecule has 0 aliphatic carbocycles. The molecule has 1 aliphatic heterocycles. The van der Waals surface area contributed by atoms with Gasteiger partial charge >= 0.3 is 5.69 Å².